The van der Waals surface area contributed by atoms with Crippen molar-refractivity contribution in [2.24, 2.45) is 23.7 Å². The van der Waals surface area contributed by atoms with Gasteiger partial charge in [-0.25, -0.2) is 14.6 Å². The van der Waals surface area contributed by atoms with Crippen molar-refractivity contribution in [3.63, 3.8) is 0 Å². The number of hydrogen-bond acceptors (Lipinski definition) is 7. The van der Waals surface area contributed by atoms with Crippen molar-refractivity contribution in [1.82, 2.24) is 5.32 Å². The van der Waals surface area contributed by atoms with Crippen LogP contribution < -0.4 is 15.4 Å². The van der Waals surface area contributed by atoms with Gasteiger partial charge < -0.3 is 29.6 Å². The summed E-state index contributed by atoms with van der Waals surface area (Å²) in [5.74, 6) is 1.21. The molecule has 0 aromatic heterocycles. The summed E-state index contributed by atoms with van der Waals surface area (Å²) in [5, 5.41) is 5.67. The lowest BCUT2D eigenvalue weighted by atomic mass is 9.58. The molecule has 5 fully saturated rings. The maximum Gasteiger partial charge on any atom is 0.319 e. The second kappa shape index (κ2) is 9.86. The highest BCUT2D eigenvalue weighted by atomic mass is 17.3. The van der Waals surface area contributed by atoms with Crippen LogP contribution in [0, 0.1) is 23.7 Å². The van der Waals surface area contributed by atoms with Gasteiger partial charge in [0.2, 0.25) is 5.79 Å². The number of ether oxygens (including phenoxy) is 4. The van der Waals surface area contributed by atoms with Gasteiger partial charge in [0.25, 0.3) is 0 Å². The molecule has 9 nitrogen and oxygen atoms in total. The van der Waals surface area contributed by atoms with Crippen molar-refractivity contribution in [3.8, 4) is 5.75 Å². The number of amides is 2. The number of fused-ring (bicyclic) bond motifs is 2. The Hall–Kier alpha value is -1.91. The number of urea groups is 1. The topological polar surface area (TPSA) is 96.5 Å². The Kier molecular flexibility index (Phi) is 6.98. The van der Waals surface area contributed by atoms with Gasteiger partial charge in [-0.15, -0.1) is 0 Å². The van der Waals surface area contributed by atoms with Crippen LogP contribution in [0.2, 0.25) is 0 Å². The highest BCUT2D eigenvalue weighted by Gasteiger charge is 2.69. The molecule has 2 bridgehead atoms. The summed E-state index contributed by atoms with van der Waals surface area (Å²) in [6, 6.07) is 6.94. The van der Waals surface area contributed by atoms with Gasteiger partial charge in [-0.05, 0) is 68.7 Å². The van der Waals surface area contributed by atoms with Crippen LogP contribution in [0.15, 0.2) is 24.3 Å². The first-order chi connectivity index (χ1) is 16.8. The minimum absolute atomic E-state index is 0.141. The van der Waals surface area contributed by atoms with E-state index in [1.165, 1.54) is 0 Å². The van der Waals surface area contributed by atoms with Gasteiger partial charge in [0.1, 0.15) is 5.75 Å². The molecule has 6 rings (SSSR count). The maximum absolute atomic E-state index is 12.2. The Bertz CT molecular complexity index is 898. The van der Waals surface area contributed by atoms with Gasteiger partial charge in [0, 0.05) is 30.5 Å². The van der Waals surface area contributed by atoms with Gasteiger partial charge in [0.05, 0.1) is 13.7 Å². The van der Waals surface area contributed by atoms with Crippen LogP contribution in [0.4, 0.5) is 10.5 Å². The maximum atomic E-state index is 12.2. The fourth-order valence-corrected chi connectivity index (χ4v) is 6.39. The lowest BCUT2D eigenvalue weighted by molar-refractivity contribution is -0.577. The minimum atomic E-state index is -0.788. The molecule has 4 heterocycles. The number of carbonyl (C=O) groups excluding carboxylic acids is 1. The van der Waals surface area contributed by atoms with E-state index in [2.05, 4.69) is 24.5 Å². The zero-order valence-electron chi connectivity index (χ0n) is 21.1. The van der Waals surface area contributed by atoms with Gasteiger partial charge in [-0.1, -0.05) is 13.8 Å². The highest BCUT2D eigenvalue weighted by Crippen LogP contribution is 2.60. The lowest BCUT2D eigenvalue weighted by Crippen LogP contribution is -2.70. The molecule has 1 aromatic rings. The van der Waals surface area contributed by atoms with Crippen LogP contribution in [0.3, 0.4) is 0 Å². The lowest BCUT2D eigenvalue weighted by Gasteiger charge is -2.60. The molecule has 4 saturated heterocycles. The van der Waals surface area contributed by atoms with Crippen LogP contribution in [-0.4, -0.2) is 50.3 Å². The number of carbonyl (C=O) groups is 1. The molecule has 0 unspecified atom stereocenters. The van der Waals surface area contributed by atoms with Crippen LogP contribution >= 0.6 is 0 Å². The molecule has 9 heteroatoms. The molecule has 2 N–H and O–H groups in total. The second-order valence-electron chi connectivity index (χ2n) is 10.6. The van der Waals surface area contributed by atoms with Crippen molar-refractivity contribution in [1.29, 1.82) is 0 Å². The van der Waals surface area contributed by atoms with Crippen molar-refractivity contribution in [2.45, 2.75) is 76.8 Å². The molecule has 0 radical (unpaired) electrons. The van der Waals surface area contributed by atoms with E-state index in [0.29, 0.717) is 37.1 Å². The smallest absolute Gasteiger partial charge is 0.319 e. The molecule has 1 spiro atoms. The minimum Gasteiger partial charge on any atom is -0.497 e. The second-order valence-corrected chi connectivity index (χ2v) is 10.6. The Balaban J connectivity index is 1.13. The third-order valence-corrected chi connectivity index (χ3v) is 8.33. The fraction of sp³-hybridized carbons (Fsp3) is 0.731. The summed E-state index contributed by atoms with van der Waals surface area (Å²) in [5.41, 5.74) is 0.129. The Morgan fingerprint density at radius 2 is 1.91 bits per heavy atom. The molecule has 2 amide bonds. The van der Waals surface area contributed by atoms with Gasteiger partial charge in [0.15, 0.2) is 18.2 Å². The molecular formula is C26H38N2O7. The van der Waals surface area contributed by atoms with E-state index in [9.17, 15) is 4.79 Å². The largest absolute Gasteiger partial charge is 0.497 e. The average molecular weight is 491 g/mol. The zero-order chi connectivity index (χ0) is 24.6. The first-order valence-corrected chi connectivity index (χ1v) is 12.9. The Morgan fingerprint density at radius 1 is 1.11 bits per heavy atom. The molecule has 8 atom stereocenters. The van der Waals surface area contributed by atoms with E-state index in [4.69, 9.17) is 28.7 Å². The quantitative estimate of drug-likeness (QED) is 0.431. The predicted octanol–water partition coefficient (Wildman–Crippen LogP) is 4.43. The molecular weight excluding hydrogens is 452 g/mol. The SMILES string of the molecule is COc1ccc(NC(=O)NCCCO[C@@H]2O[C@@H]3O[C@]4(C)CC[C@H]5[C@H](C)CC[C@@H]([C@H]2C)[C@@]35OO4)cc1. The number of hydrogen-bond donors (Lipinski definition) is 2. The first kappa shape index (κ1) is 24.8. The van der Waals surface area contributed by atoms with E-state index in [1.807, 2.05) is 6.92 Å². The predicted molar refractivity (Wildman–Crippen MR) is 127 cm³/mol. The van der Waals surface area contributed by atoms with Crippen molar-refractivity contribution < 1.29 is 33.5 Å². The standard InChI is InChI=1S/C26H38N2O7/c1-16-6-11-21-17(2)22(32-23-26(21)20(16)12-13-25(3,33-23)34-35-26)31-15-5-14-27-24(29)28-18-7-9-19(30-4)10-8-18/h7-10,16-17,20-23H,5-6,11-15H2,1-4H3,(H2,27,28,29)/t16-,17-,20+,21+,22-,23-,25+,26-/m1/s1. The van der Waals surface area contributed by atoms with Gasteiger partial charge in [-0.2, -0.15) is 0 Å². The third kappa shape index (κ3) is 4.64. The summed E-state index contributed by atoms with van der Waals surface area (Å²) < 4.78 is 24.1. The summed E-state index contributed by atoms with van der Waals surface area (Å²) in [6.07, 6.45) is 3.78. The van der Waals surface area contributed by atoms with E-state index >= 15 is 0 Å². The average Bonchev–Trinajstić information content (AvgIpc) is 3.08. The number of anilines is 1. The third-order valence-electron chi connectivity index (χ3n) is 8.33. The molecule has 35 heavy (non-hydrogen) atoms. The molecule has 4 aliphatic heterocycles. The molecule has 1 aromatic carbocycles. The molecule has 5 aliphatic rings. The monoisotopic (exact) mass is 490 g/mol. The number of nitrogens with one attached hydrogen (secondary N) is 2. The van der Waals surface area contributed by atoms with E-state index < -0.39 is 17.7 Å². The van der Waals surface area contributed by atoms with E-state index in [1.54, 1.807) is 31.4 Å². The molecule has 194 valence electrons. The summed E-state index contributed by atoms with van der Waals surface area (Å²) in [6.45, 7) is 7.37. The zero-order valence-corrected chi connectivity index (χ0v) is 21.1. The van der Waals surface area contributed by atoms with E-state index in [0.717, 1.165) is 31.4 Å². The van der Waals surface area contributed by atoms with Crippen molar-refractivity contribution in [3.05, 3.63) is 24.3 Å². The molecule has 1 saturated carbocycles. The van der Waals surface area contributed by atoms with Crippen molar-refractivity contribution >= 4 is 11.7 Å². The Morgan fingerprint density at radius 3 is 2.69 bits per heavy atom. The number of methoxy groups -OCH3 is 1. The summed E-state index contributed by atoms with van der Waals surface area (Å²) in [7, 11) is 1.61. The van der Waals surface area contributed by atoms with Crippen LogP contribution in [0.25, 0.3) is 0 Å². The Labute approximate surface area is 207 Å². The van der Waals surface area contributed by atoms with Gasteiger partial charge >= 0.3 is 6.03 Å². The highest BCUT2D eigenvalue weighted by molar-refractivity contribution is 5.89. The number of benzene rings is 1. The summed E-state index contributed by atoms with van der Waals surface area (Å²) in [4.78, 5) is 24.2. The summed E-state index contributed by atoms with van der Waals surface area (Å²) >= 11 is 0. The van der Waals surface area contributed by atoms with Crippen LogP contribution in [0.5, 0.6) is 5.75 Å². The van der Waals surface area contributed by atoms with Crippen LogP contribution in [0.1, 0.15) is 52.9 Å². The fourth-order valence-electron chi connectivity index (χ4n) is 6.39. The normalized spacial score (nSPS) is 39.9. The van der Waals surface area contributed by atoms with E-state index in [-0.39, 0.29) is 24.2 Å². The van der Waals surface area contributed by atoms with Crippen molar-refractivity contribution in [2.75, 3.05) is 25.6 Å². The molecule has 1 aliphatic carbocycles. The number of rotatable bonds is 7. The van der Waals surface area contributed by atoms with Gasteiger partial charge in [-0.3, -0.25) is 0 Å². The van der Waals surface area contributed by atoms with Crippen LogP contribution in [-0.2, 0) is 24.0 Å². The first-order valence-electron chi connectivity index (χ1n) is 12.9.